The molecule has 0 radical (unpaired) electrons. The second-order valence-corrected chi connectivity index (χ2v) is 6.73. The minimum absolute atomic E-state index is 0.104. The molecule has 0 atom stereocenters. The van der Waals surface area contributed by atoms with E-state index in [1.807, 2.05) is 0 Å². The Labute approximate surface area is 117 Å². The fourth-order valence-corrected chi connectivity index (χ4v) is 2.94. The van der Waals surface area contributed by atoms with E-state index in [2.05, 4.69) is 60.4 Å². The van der Waals surface area contributed by atoms with Gasteiger partial charge in [-0.15, -0.1) is 0 Å². The Kier molecular flexibility index (Phi) is 5.00. The quantitative estimate of drug-likeness (QED) is 0.826. The number of H-pyrrole nitrogens is 1. The Bertz CT molecular complexity index is 493. The van der Waals surface area contributed by atoms with Crippen molar-refractivity contribution < 1.29 is 0 Å². The average molecular weight is 263 g/mol. The van der Waals surface area contributed by atoms with Crippen LogP contribution in [0.5, 0.6) is 0 Å². The van der Waals surface area contributed by atoms with E-state index in [4.69, 9.17) is 0 Å². The van der Waals surface area contributed by atoms with Crippen LogP contribution in [0.25, 0.3) is 0 Å². The predicted molar refractivity (Wildman–Crippen MR) is 83.4 cm³/mol. The molecule has 1 aromatic heterocycles. The number of rotatable bonds is 4. The van der Waals surface area contributed by atoms with E-state index in [1.165, 1.54) is 11.1 Å². The Morgan fingerprint density at radius 2 is 1.05 bits per heavy atom. The van der Waals surface area contributed by atoms with Crippen molar-refractivity contribution >= 4 is 0 Å². The summed E-state index contributed by atoms with van der Waals surface area (Å²) in [6, 6.07) is 0. The molecule has 0 spiro atoms. The van der Waals surface area contributed by atoms with E-state index >= 15 is 0 Å². The van der Waals surface area contributed by atoms with Gasteiger partial charge in [0.15, 0.2) is 0 Å². The molecular weight excluding hydrogens is 234 g/mol. The first-order chi connectivity index (χ1) is 8.68. The highest BCUT2D eigenvalue weighted by Crippen LogP contribution is 2.34. The Morgan fingerprint density at radius 3 is 1.37 bits per heavy atom. The van der Waals surface area contributed by atoms with Crippen molar-refractivity contribution in [2.75, 3.05) is 0 Å². The Hall–Kier alpha value is -1.05. The fourth-order valence-electron chi connectivity index (χ4n) is 2.94. The van der Waals surface area contributed by atoms with Gasteiger partial charge in [0.05, 0.1) is 0 Å². The number of hydrogen-bond acceptors (Lipinski definition) is 1. The molecule has 0 aliphatic carbocycles. The van der Waals surface area contributed by atoms with Gasteiger partial charge in [0.1, 0.15) is 0 Å². The van der Waals surface area contributed by atoms with E-state index in [0.29, 0.717) is 17.8 Å². The van der Waals surface area contributed by atoms with E-state index in [-0.39, 0.29) is 11.5 Å². The smallest absolute Gasteiger partial charge is 0.251 e. The van der Waals surface area contributed by atoms with Crippen LogP contribution in [0.15, 0.2) is 4.79 Å². The SMILES string of the molecule is CC(C)c1[nH]c(=O)c(C(C)C)c(C(C)C)c1C(C)C. The number of aromatic nitrogens is 1. The van der Waals surface area contributed by atoms with Crippen LogP contribution in [0.2, 0.25) is 0 Å². The van der Waals surface area contributed by atoms with E-state index in [1.54, 1.807) is 0 Å². The van der Waals surface area contributed by atoms with Crippen LogP contribution >= 0.6 is 0 Å². The minimum atomic E-state index is 0.104. The maximum atomic E-state index is 12.4. The fraction of sp³-hybridized carbons (Fsp3) is 0.706. The molecule has 0 bridgehead atoms. The molecule has 19 heavy (non-hydrogen) atoms. The number of pyridine rings is 1. The average Bonchev–Trinajstić information content (AvgIpc) is 2.25. The number of aromatic amines is 1. The second kappa shape index (κ2) is 5.94. The number of nitrogens with one attached hydrogen (secondary N) is 1. The van der Waals surface area contributed by atoms with Gasteiger partial charge in [0.25, 0.3) is 5.56 Å². The van der Waals surface area contributed by atoms with Crippen molar-refractivity contribution in [3.63, 3.8) is 0 Å². The topological polar surface area (TPSA) is 32.9 Å². The minimum Gasteiger partial charge on any atom is -0.325 e. The summed E-state index contributed by atoms with van der Waals surface area (Å²) in [4.78, 5) is 15.6. The van der Waals surface area contributed by atoms with Crippen molar-refractivity contribution in [3.8, 4) is 0 Å². The van der Waals surface area contributed by atoms with E-state index < -0.39 is 0 Å². The highest BCUT2D eigenvalue weighted by Gasteiger charge is 2.24. The first-order valence-corrected chi connectivity index (χ1v) is 7.48. The van der Waals surface area contributed by atoms with Gasteiger partial charge in [-0.3, -0.25) is 4.79 Å². The van der Waals surface area contributed by atoms with Gasteiger partial charge in [-0.05, 0) is 34.8 Å². The number of hydrogen-bond donors (Lipinski definition) is 1. The molecule has 2 nitrogen and oxygen atoms in total. The van der Waals surface area contributed by atoms with Crippen LogP contribution in [0.4, 0.5) is 0 Å². The van der Waals surface area contributed by atoms with Crippen molar-refractivity contribution in [1.29, 1.82) is 0 Å². The summed E-state index contributed by atoms with van der Waals surface area (Å²) >= 11 is 0. The van der Waals surface area contributed by atoms with Crippen molar-refractivity contribution in [2.45, 2.75) is 79.1 Å². The highest BCUT2D eigenvalue weighted by molar-refractivity contribution is 5.43. The third-order valence-corrected chi connectivity index (χ3v) is 3.67. The van der Waals surface area contributed by atoms with Crippen LogP contribution in [0.1, 0.15) is 101 Å². The molecule has 1 aromatic rings. The molecule has 0 aliphatic heterocycles. The second-order valence-electron chi connectivity index (χ2n) is 6.73. The first kappa shape index (κ1) is 16.0. The lowest BCUT2D eigenvalue weighted by Gasteiger charge is -2.26. The van der Waals surface area contributed by atoms with Crippen molar-refractivity contribution in [2.24, 2.45) is 0 Å². The maximum Gasteiger partial charge on any atom is 0.251 e. The predicted octanol–water partition coefficient (Wildman–Crippen LogP) is 4.87. The van der Waals surface area contributed by atoms with Crippen LogP contribution in [0.3, 0.4) is 0 Å². The van der Waals surface area contributed by atoms with Gasteiger partial charge in [-0.25, -0.2) is 0 Å². The molecule has 0 amide bonds. The molecule has 1 N–H and O–H groups in total. The molecule has 0 aliphatic rings. The third-order valence-electron chi connectivity index (χ3n) is 3.67. The van der Waals surface area contributed by atoms with E-state index in [9.17, 15) is 4.79 Å². The molecule has 1 rings (SSSR count). The van der Waals surface area contributed by atoms with Crippen LogP contribution in [0, 0.1) is 0 Å². The van der Waals surface area contributed by atoms with Crippen LogP contribution in [-0.4, -0.2) is 4.98 Å². The summed E-state index contributed by atoms with van der Waals surface area (Å²) in [5, 5.41) is 0. The molecule has 0 unspecified atom stereocenters. The summed E-state index contributed by atoms with van der Waals surface area (Å²) < 4.78 is 0. The van der Waals surface area contributed by atoms with Gasteiger partial charge in [-0.1, -0.05) is 55.4 Å². The highest BCUT2D eigenvalue weighted by atomic mass is 16.1. The van der Waals surface area contributed by atoms with Gasteiger partial charge < -0.3 is 4.98 Å². The third kappa shape index (κ3) is 3.10. The largest absolute Gasteiger partial charge is 0.325 e. The van der Waals surface area contributed by atoms with Gasteiger partial charge in [0, 0.05) is 11.3 Å². The molecule has 108 valence electrons. The Morgan fingerprint density at radius 1 is 0.632 bits per heavy atom. The molecule has 1 heterocycles. The van der Waals surface area contributed by atoms with Gasteiger partial charge >= 0.3 is 0 Å². The molecule has 0 aromatic carbocycles. The standard InChI is InChI=1S/C17H29NO/c1-9(2)13-14(10(3)4)16(12(7)8)18-17(19)15(13)11(5)6/h9-12H,1-8H3,(H,18,19). The van der Waals surface area contributed by atoms with Crippen molar-refractivity contribution in [3.05, 3.63) is 32.7 Å². The monoisotopic (exact) mass is 263 g/mol. The molecule has 0 saturated carbocycles. The normalized spacial score (nSPS) is 12.2. The lowest BCUT2D eigenvalue weighted by Crippen LogP contribution is -2.24. The maximum absolute atomic E-state index is 12.4. The van der Waals surface area contributed by atoms with E-state index in [0.717, 1.165) is 11.3 Å². The summed E-state index contributed by atoms with van der Waals surface area (Å²) in [7, 11) is 0. The van der Waals surface area contributed by atoms with Gasteiger partial charge in [-0.2, -0.15) is 0 Å². The molecular formula is C17H29NO. The summed E-state index contributed by atoms with van der Waals surface area (Å²) in [6.07, 6.45) is 0. The lowest BCUT2D eigenvalue weighted by atomic mass is 9.81. The first-order valence-electron chi connectivity index (χ1n) is 7.48. The lowest BCUT2D eigenvalue weighted by molar-refractivity contribution is 0.689. The molecule has 0 saturated heterocycles. The van der Waals surface area contributed by atoms with Crippen LogP contribution < -0.4 is 5.56 Å². The zero-order chi connectivity index (χ0) is 14.9. The van der Waals surface area contributed by atoms with Gasteiger partial charge in [0.2, 0.25) is 0 Å². The zero-order valence-electron chi connectivity index (χ0n) is 13.7. The summed E-state index contributed by atoms with van der Waals surface area (Å²) in [5.41, 5.74) is 4.83. The Balaban J connectivity index is 3.82. The molecule has 2 heteroatoms. The van der Waals surface area contributed by atoms with Crippen molar-refractivity contribution in [1.82, 2.24) is 4.98 Å². The summed E-state index contributed by atoms with van der Waals surface area (Å²) in [5.74, 6) is 1.43. The zero-order valence-corrected chi connectivity index (χ0v) is 13.7. The van der Waals surface area contributed by atoms with Crippen LogP contribution in [-0.2, 0) is 0 Å². The molecule has 0 fully saturated rings. The summed E-state index contributed by atoms with van der Waals surface area (Å²) in [6.45, 7) is 17.3.